The first kappa shape index (κ1) is 48.7. The normalized spacial score (nSPS) is 16.1. The number of carbonyl (C=O) groups excluding carboxylic acids is 1. The molecule has 4 atom stereocenters. The molecule has 0 saturated heterocycles. The molecule has 0 aliphatic rings. The summed E-state index contributed by atoms with van der Waals surface area (Å²) in [5.74, 6) is -0.958. The first-order valence-corrected chi connectivity index (χ1v) is 26.9. The van der Waals surface area contributed by atoms with Gasteiger partial charge in [-0.15, -0.1) is 0 Å². The molecule has 0 fully saturated rings. The number of hydrogen-bond acceptors (Lipinski definition) is 8. The summed E-state index contributed by atoms with van der Waals surface area (Å²) in [6.07, 6.45) is 0.625. The summed E-state index contributed by atoms with van der Waals surface area (Å²) in [5.41, 5.74) is 2.00. The molecule has 0 amide bonds. The van der Waals surface area contributed by atoms with E-state index in [0.717, 1.165) is 11.1 Å². The van der Waals surface area contributed by atoms with Crippen LogP contribution in [0, 0.1) is 5.92 Å². The zero-order chi connectivity index (χ0) is 41.0. The molecule has 0 N–H and O–H groups in total. The highest BCUT2D eigenvalue weighted by atomic mass is 127. The molecule has 12 heteroatoms. The van der Waals surface area contributed by atoms with Crippen molar-refractivity contribution < 1.29 is 36.7 Å². The Morgan fingerprint density at radius 2 is 1.35 bits per heavy atom. The second-order valence-electron chi connectivity index (χ2n) is 16.5. The average molecular weight is 915 g/mol. The quantitative estimate of drug-likeness (QED) is 0.0402. The standard InChI is InChI=1S/C42H68IO8PSi2/c1-15-47-52(45,48-16-2)31-39(44)50-38(29-37(33(4)30-43)51-53(13,14)41(6,7)8)34(5)40(46-12)32(3)27-28-49-54(42(9,10)11,35-23-19-17-20-24-35)36-25-21-18-22-26-36/h17-27,30,34,37-38,40H,15-16,28-29,31H2,1-14H3/b32-27+,33-30+/t34-,37-,38-,40-/m0/s1. The predicted molar refractivity (Wildman–Crippen MR) is 237 cm³/mol. The van der Waals surface area contributed by atoms with Crippen LogP contribution in [0.5, 0.6) is 0 Å². The Hall–Kier alpha value is -1.42. The first-order valence-electron chi connectivity index (χ1n) is 19.1. The van der Waals surface area contributed by atoms with E-state index in [0.29, 0.717) is 13.0 Å². The van der Waals surface area contributed by atoms with E-state index < -0.39 is 48.6 Å². The topological polar surface area (TPSA) is 89.5 Å². The molecule has 304 valence electrons. The summed E-state index contributed by atoms with van der Waals surface area (Å²) in [4.78, 5) is 13.6. The summed E-state index contributed by atoms with van der Waals surface area (Å²) >= 11 is 2.24. The number of benzene rings is 2. The average Bonchev–Trinajstić information content (AvgIpc) is 3.09. The SMILES string of the molecule is CCOP(=O)(CC(=O)O[C@@H](C[C@H](O[Si](C)(C)C(C)(C)C)/C(C)=C/I)[C@H](C)[C@@H](OC)/C(C)=C/CO[Si](c1ccccc1)(c1ccccc1)C(C)(C)C)OCC. The van der Waals surface area contributed by atoms with Crippen LogP contribution in [0.3, 0.4) is 0 Å². The fourth-order valence-electron chi connectivity index (χ4n) is 6.58. The highest BCUT2D eigenvalue weighted by Crippen LogP contribution is 2.48. The van der Waals surface area contributed by atoms with Gasteiger partial charge in [0.25, 0.3) is 8.32 Å². The van der Waals surface area contributed by atoms with Crippen molar-refractivity contribution in [2.45, 2.75) is 124 Å². The van der Waals surface area contributed by atoms with Crippen LogP contribution in [0.2, 0.25) is 23.2 Å². The molecular formula is C42H68IO8PSi2. The number of methoxy groups -OCH3 is 1. The van der Waals surface area contributed by atoms with Gasteiger partial charge in [0.2, 0.25) is 0 Å². The zero-order valence-electron chi connectivity index (χ0n) is 35.4. The van der Waals surface area contributed by atoms with E-state index in [-0.39, 0.29) is 35.3 Å². The summed E-state index contributed by atoms with van der Waals surface area (Å²) in [7, 11) is -7.02. The molecule has 0 spiro atoms. The van der Waals surface area contributed by atoms with Crippen molar-refractivity contribution >= 4 is 63.2 Å². The second-order valence-corrected chi connectivity index (χ2v) is 28.3. The van der Waals surface area contributed by atoms with Crippen molar-refractivity contribution in [2.24, 2.45) is 5.92 Å². The minimum absolute atomic E-state index is 0.0320. The van der Waals surface area contributed by atoms with Crippen molar-refractivity contribution in [3.8, 4) is 0 Å². The number of rotatable bonds is 21. The molecule has 0 unspecified atom stereocenters. The maximum Gasteiger partial charge on any atom is 0.341 e. The third-order valence-corrected chi connectivity index (χ3v) is 22.9. The molecule has 2 rings (SSSR count). The molecule has 8 nitrogen and oxygen atoms in total. The van der Waals surface area contributed by atoms with Gasteiger partial charge < -0.3 is 27.4 Å². The minimum Gasteiger partial charge on any atom is -0.461 e. The Morgan fingerprint density at radius 3 is 1.76 bits per heavy atom. The van der Waals surface area contributed by atoms with Gasteiger partial charge in [-0.2, -0.15) is 0 Å². The third kappa shape index (κ3) is 13.1. The van der Waals surface area contributed by atoms with E-state index in [1.807, 2.05) is 37.0 Å². The van der Waals surface area contributed by atoms with Gasteiger partial charge in [-0.3, -0.25) is 9.36 Å². The minimum atomic E-state index is -3.69. The van der Waals surface area contributed by atoms with E-state index in [2.05, 4.69) is 132 Å². The highest BCUT2D eigenvalue weighted by Gasteiger charge is 2.50. The molecule has 0 heterocycles. The molecule has 0 saturated carbocycles. The Morgan fingerprint density at radius 1 is 0.852 bits per heavy atom. The maximum atomic E-state index is 13.6. The van der Waals surface area contributed by atoms with Gasteiger partial charge in [0.15, 0.2) is 8.32 Å². The fourth-order valence-corrected chi connectivity index (χ4v) is 14.3. The van der Waals surface area contributed by atoms with Crippen LogP contribution < -0.4 is 10.4 Å². The molecule has 0 bridgehead atoms. The van der Waals surface area contributed by atoms with Gasteiger partial charge in [-0.05, 0) is 76.5 Å². The smallest absolute Gasteiger partial charge is 0.341 e. The lowest BCUT2D eigenvalue weighted by Crippen LogP contribution is -2.66. The Labute approximate surface area is 343 Å². The van der Waals surface area contributed by atoms with Crippen LogP contribution in [0.15, 0.2) is 82.0 Å². The van der Waals surface area contributed by atoms with Gasteiger partial charge in [0, 0.05) is 19.4 Å². The first-order chi connectivity index (χ1) is 25.1. The van der Waals surface area contributed by atoms with E-state index in [4.69, 9.17) is 27.4 Å². The Kier molecular flexibility index (Phi) is 19.3. The Balaban J connectivity index is 2.57. The van der Waals surface area contributed by atoms with E-state index in [1.165, 1.54) is 10.4 Å². The number of esters is 1. The van der Waals surface area contributed by atoms with Gasteiger partial charge in [0.1, 0.15) is 12.3 Å². The molecule has 0 aliphatic carbocycles. The zero-order valence-corrected chi connectivity index (χ0v) is 40.4. The van der Waals surface area contributed by atoms with Gasteiger partial charge in [-0.25, -0.2) is 0 Å². The summed E-state index contributed by atoms with van der Waals surface area (Å²) < 4.78 is 53.0. The van der Waals surface area contributed by atoms with Crippen molar-refractivity contribution in [1.82, 2.24) is 0 Å². The van der Waals surface area contributed by atoms with Gasteiger partial charge in [-0.1, -0.05) is 138 Å². The molecule has 0 radical (unpaired) electrons. The molecule has 2 aromatic carbocycles. The van der Waals surface area contributed by atoms with Crippen molar-refractivity contribution in [3.63, 3.8) is 0 Å². The number of hydrogen-bond donors (Lipinski definition) is 0. The van der Waals surface area contributed by atoms with E-state index in [1.54, 1.807) is 21.0 Å². The lowest BCUT2D eigenvalue weighted by Gasteiger charge is -2.43. The number of ether oxygens (including phenoxy) is 2. The maximum absolute atomic E-state index is 13.6. The fraction of sp³-hybridized carbons (Fsp3) is 0.595. The number of halogens is 1. The van der Waals surface area contributed by atoms with Crippen LogP contribution in [-0.4, -0.2) is 74.0 Å². The molecule has 2 aromatic rings. The van der Waals surface area contributed by atoms with E-state index in [9.17, 15) is 9.36 Å². The monoisotopic (exact) mass is 914 g/mol. The van der Waals surface area contributed by atoms with Crippen molar-refractivity contribution in [3.05, 3.63) is 82.0 Å². The second kappa shape index (κ2) is 21.4. The van der Waals surface area contributed by atoms with Gasteiger partial charge >= 0.3 is 13.6 Å². The van der Waals surface area contributed by atoms with Crippen LogP contribution in [0.1, 0.15) is 82.6 Å². The van der Waals surface area contributed by atoms with E-state index >= 15 is 0 Å². The van der Waals surface area contributed by atoms with Crippen LogP contribution in [0.25, 0.3) is 0 Å². The Bertz CT molecular complexity index is 1500. The van der Waals surface area contributed by atoms with Crippen LogP contribution in [-0.2, 0) is 36.7 Å². The highest BCUT2D eigenvalue weighted by molar-refractivity contribution is 14.1. The van der Waals surface area contributed by atoms with Crippen molar-refractivity contribution in [1.29, 1.82) is 0 Å². The predicted octanol–water partition coefficient (Wildman–Crippen LogP) is 10.5. The molecular weight excluding hydrogens is 847 g/mol. The molecule has 54 heavy (non-hydrogen) atoms. The van der Waals surface area contributed by atoms with Gasteiger partial charge in [0.05, 0.1) is 32.0 Å². The molecule has 0 aliphatic heterocycles. The third-order valence-electron chi connectivity index (χ3n) is 10.5. The summed E-state index contributed by atoms with van der Waals surface area (Å²) in [6.45, 7) is 28.1. The van der Waals surface area contributed by atoms with Crippen LogP contribution >= 0.6 is 30.2 Å². The number of carbonyl (C=O) groups is 1. The van der Waals surface area contributed by atoms with Crippen molar-refractivity contribution in [2.75, 3.05) is 33.1 Å². The van der Waals surface area contributed by atoms with Crippen LogP contribution in [0.4, 0.5) is 0 Å². The summed E-state index contributed by atoms with van der Waals surface area (Å²) in [6, 6.07) is 21.2. The largest absolute Gasteiger partial charge is 0.461 e. The lowest BCUT2D eigenvalue weighted by molar-refractivity contribution is -0.152. The molecule has 0 aromatic heterocycles. The lowest BCUT2D eigenvalue weighted by atomic mass is 9.88. The summed E-state index contributed by atoms with van der Waals surface area (Å²) in [5, 5.41) is 2.22.